The summed E-state index contributed by atoms with van der Waals surface area (Å²) in [5, 5.41) is 14.4. The molecule has 1 aromatic carbocycles. The molecule has 0 aliphatic heterocycles. The highest BCUT2D eigenvalue weighted by Gasteiger charge is 2.11. The first kappa shape index (κ1) is 16.7. The zero-order chi connectivity index (χ0) is 17.6. The van der Waals surface area contributed by atoms with Gasteiger partial charge in [0, 0.05) is 16.6 Å². The summed E-state index contributed by atoms with van der Waals surface area (Å²) in [6, 6.07) is 9.31. The molecular formula is C15H15N7O2S. The molecule has 0 spiro atoms. The largest absolute Gasteiger partial charge is 0.273 e. The summed E-state index contributed by atoms with van der Waals surface area (Å²) >= 11 is 1.40. The second-order valence-corrected chi connectivity index (χ2v) is 6.11. The van der Waals surface area contributed by atoms with E-state index < -0.39 is 5.91 Å². The second-order valence-electron chi connectivity index (χ2n) is 5.17. The number of thiazole rings is 1. The SMILES string of the molecule is Cc1csc(CC(=O)NNC(=O)Cn2nnc(-c3ccccc3)n2)n1. The Kier molecular flexibility index (Phi) is 5.09. The third-order valence-electron chi connectivity index (χ3n) is 3.09. The first-order valence-corrected chi connectivity index (χ1v) is 8.30. The Morgan fingerprint density at radius 3 is 2.64 bits per heavy atom. The summed E-state index contributed by atoms with van der Waals surface area (Å²) < 4.78 is 0. The van der Waals surface area contributed by atoms with Gasteiger partial charge < -0.3 is 0 Å². The molecule has 10 heteroatoms. The number of amides is 2. The van der Waals surface area contributed by atoms with E-state index in [4.69, 9.17) is 0 Å². The van der Waals surface area contributed by atoms with Crippen molar-refractivity contribution >= 4 is 23.2 Å². The fourth-order valence-corrected chi connectivity index (χ4v) is 2.76. The van der Waals surface area contributed by atoms with Gasteiger partial charge in [0.15, 0.2) is 0 Å². The van der Waals surface area contributed by atoms with Crippen LogP contribution < -0.4 is 10.9 Å². The fourth-order valence-electron chi connectivity index (χ4n) is 1.99. The number of hydrogen-bond donors (Lipinski definition) is 2. The average Bonchev–Trinajstić information content (AvgIpc) is 3.23. The van der Waals surface area contributed by atoms with E-state index in [0.29, 0.717) is 10.8 Å². The van der Waals surface area contributed by atoms with E-state index in [1.165, 1.54) is 11.3 Å². The van der Waals surface area contributed by atoms with Crippen LogP contribution in [0.2, 0.25) is 0 Å². The van der Waals surface area contributed by atoms with Crippen LogP contribution in [-0.4, -0.2) is 37.0 Å². The Morgan fingerprint density at radius 2 is 1.92 bits per heavy atom. The number of aryl methyl sites for hydroxylation is 1. The van der Waals surface area contributed by atoms with E-state index in [0.717, 1.165) is 16.1 Å². The number of hydrogen-bond acceptors (Lipinski definition) is 7. The molecule has 2 aromatic heterocycles. The Morgan fingerprint density at radius 1 is 1.16 bits per heavy atom. The van der Waals surface area contributed by atoms with Crippen LogP contribution in [0.25, 0.3) is 11.4 Å². The lowest BCUT2D eigenvalue weighted by Gasteiger charge is -2.05. The van der Waals surface area contributed by atoms with Crippen LogP contribution in [0, 0.1) is 6.92 Å². The number of nitrogens with zero attached hydrogens (tertiary/aromatic N) is 5. The molecule has 0 saturated heterocycles. The standard InChI is InChI=1S/C15H15N7O2S/c1-10-9-25-14(16-10)7-12(23)17-18-13(24)8-22-20-15(19-21-22)11-5-3-2-4-6-11/h2-6,9H,7-8H2,1H3,(H,17,23)(H,18,24). The Bertz CT molecular complexity index is 875. The monoisotopic (exact) mass is 357 g/mol. The third kappa shape index (κ3) is 4.67. The Labute approximate surface area is 147 Å². The first-order valence-electron chi connectivity index (χ1n) is 7.42. The molecule has 128 valence electrons. The van der Waals surface area contributed by atoms with Gasteiger partial charge >= 0.3 is 0 Å². The van der Waals surface area contributed by atoms with Crippen LogP contribution in [0.4, 0.5) is 0 Å². The normalized spacial score (nSPS) is 10.4. The number of hydrazine groups is 1. The summed E-state index contributed by atoms with van der Waals surface area (Å²) in [7, 11) is 0. The molecule has 2 N–H and O–H groups in total. The Balaban J connectivity index is 1.48. The molecule has 0 fully saturated rings. The fraction of sp³-hybridized carbons (Fsp3) is 0.200. The molecule has 0 radical (unpaired) electrons. The number of rotatable bonds is 5. The average molecular weight is 357 g/mol. The van der Waals surface area contributed by atoms with Gasteiger partial charge in [0.25, 0.3) is 5.91 Å². The summed E-state index contributed by atoms with van der Waals surface area (Å²) in [5.74, 6) is -0.378. The molecule has 25 heavy (non-hydrogen) atoms. The quantitative estimate of drug-likeness (QED) is 0.643. The van der Waals surface area contributed by atoms with Gasteiger partial charge in [-0.1, -0.05) is 30.3 Å². The van der Waals surface area contributed by atoms with Gasteiger partial charge in [0.2, 0.25) is 11.7 Å². The maximum Gasteiger partial charge on any atom is 0.262 e. The maximum absolute atomic E-state index is 11.9. The summed E-state index contributed by atoms with van der Waals surface area (Å²) in [6.07, 6.45) is 0.110. The highest BCUT2D eigenvalue weighted by atomic mass is 32.1. The molecule has 3 aromatic rings. The molecule has 0 atom stereocenters. The third-order valence-corrected chi connectivity index (χ3v) is 4.06. The Hall–Kier alpha value is -3.14. The zero-order valence-electron chi connectivity index (χ0n) is 13.3. The van der Waals surface area contributed by atoms with Crippen molar-refractivity contribution in [1.29, 1.82) is 0 Å². The maximum atomic E-state index is 11.9. The highest BCUT2D eigenvalue weighted by Crippen LogP contribution is 2.11. The van der Waals surface area contributed by atoms with Crippen molar-refractivity contribution in [2.45, 2.75) is 19.9 Å². The van der Waals surface area contributed by atoms with Crippen molar-refractivity contribution in [1.82, 2.24) is 36.0 Å². The molecule has 0 aliphatic carbocycles. The lowest BCUT2D eigenvalue weighted by molar-refractivity contribution is -0.129. The highest BCUT2D eigenvalue weighted by molar-refractivity contribution is 7.09. The second kappa shape index (κ2) is 7.62. The van der Waals surface area contributed by atoms with Gasteiger partial charge in [-0.25, -0.2) is 4.98 Å². The predicted octanol–water partition coefficient (Wildman–Crippen LogP) is 0.495. The molecule has 0 unspecified atom stereocenters. The van der Waals surface area contributed by atoms with E-state index in [2.05, 4.69) is 31.2 Å². The smallest absolute Gasteiger partial charge is 0.262 e. The van der Waals surface area contributed by atoms with Crippen LogP contribution in [0.15, 0.2) is 35.7 Å². The van der Waals surface area contributed by atoms with Gasteiger partial charge in [0.1, 0.15) is 11.6 Å². The van der Waals surface area contributed by atoms with Crippen LogP contribution in [0.5, 0.6) is 0 Å². The van der Waals surface area contributed by atoms with Gasteiger partial charge in [0.05, 0.1) is 6.42 Å². The minimum absolute atomic E-state index is 0.110. The summed E-state index contributed by atoms with van der Waals surface area (Å²) in [6.45, 7) is 1.70. The summed E-state index contributed by atoms with van der Waals surface area (Å²) in [4.78, 5) is 29.0. The van der Waals surface area contributed by atoms with Gasteiger partial charge in [-0.2, -0.15) is 4.80 Å². The van der Waals surface area contributed by atoms with E-state index in [9.17, 15) is 9.59 Å². The summed E-state index contributed by atoms with van der Waals surface area (Å²) in [5.41, 5.74) is 6.33. The van der Waals surface area contributed by atoms with E-state index in [-0.39, 0.29) is 18.9 Å². The lowest BCUT2D eigenvalue weighted by Crippen LogP contribution is -2.44. The number of benzene rings is 1. The van der Waals surface area contributed by atoms with E-state index in [1.807, 2.05) is 42.6 Å². The minimum atomic E-state index is -0.458. The van der Waals surface area contributed by atoms with Crippen molar-refractivity contribution in [2.24, 2.45) is 0 Å². The number of aromatic nitrogens is 5. The molecule has 9 nitrogen and oxygen atoms in total. The van der Waals surface area contributed by atoms with Gasteiger partial charge in [-0.05, 0) is 12.1 Å². The van der Waals surface area contributed by atoms with Crippen molar-refractivity contribution in [2.75, 3.05) is 0 Å². The van der Waals surface area contributed by atoms with Gasteiger partial charge in [-0.15, -0.1) is 21.5 Å². The van der Waals surface area contributed by atoms with Crippen molar-refractivity contribution < 1.29 is 9.59 Å². The number of carbonyl (C=O) groups excluding carboxylic acids is 2. The van der Waals surface area contributed by atoms with Crippen molar-refractivity contribution in [3.8, 4) is 11.4 Å². The molecular weight excluding hydrogens is 342 g/mol. The topological polar surface area (TPSA) is 115 Å². The van der Waals surface area contributed by atoms with Crippen LogP contribution in [0.1, 0.15) is 10.7 Å². The lowest BCUT2D eigenvalue weighted by atomic mass is 10.2. The molecule has 0 saturated carbocycles. The molecule has 0 aliphatic rings. The van der Waals surface area contributed by atoms with E-state index in [1.54, 1.807) is 0 Å². The predicted molar refractivity (Wildman–Crippen MR) is 90.1 cm³/mol. The van der Waals surface area contributed by atoms with Crippen LogP contribution >= 0.6 is 11.3 Å². The number of carbonyl (C=O) groups is 2. The van der Waals surface area contributed by atoms with Gasteiger partial charge in [-0.3, -0.25) is 20.4 Å². The van der Waals surface area contributed by atoms with E-state index >= 15 is 0 Å². The number of nitrogens with one attached hydrogen (secondary N) is 2. The molecule has 3 rings (SSSR count). The van der Waals surface area contributed by atoms with Crippen molar-refractivity contribution in [3.63, 3.8) is 0 Å². The van der Waals surface area contributed by atoms with Crippen LogP contribution in [-0.2, 0) is 22.6 Å². The number of tetrazole rings is 1. The molecule has 2 amide bonds. The first-order chi connectivity index (χ1) is 12.1. The van der Waals surface area contributed by atoms with Crippen LogP contribution in [0.3, 0.4) is 0 Å². The molecule has 2 heterocycles. The van der Waals surface area contributed by atoms with Crippen molar-refractivity contribution in [3.05, 3.63) is 46.4 Å². The molecule has 0 bridgehead atoms. The minimum Gasteiger partial charge on any atom is -0.273 e. The zero-order valence-corrected chi connectivity index (χ0v) is 14.2.